The smallest absolute Gasteiger partial charge is 0.216 e. The van der Waals surface area contributed by atoms with Gasteiger partial charge in [-0.15, -0.1) is 11.3 Å². The van der Waals surface area contributed by atoms with Gasteiger partial charge in [0.2, 0.25) is 4.77 Å². The third-order valence-corrected chi connectivity index (χ3v) is 4.61. The molecule has 0 bridgehead atoms. The fourth-order valence-electron chi connectivity index (χ4n) is 2.15. The molecule has 0 atom stereocenters. The van der Waals surface area contributed by atoms with Crippen LogP contribution in [-0.2, 0) is 11.2 Å². The van der Waals surface area contributed by atoms with E-state index in [1.54, 1.807) is 16.0 Å². The Hall–Kier alpha value is -1.51. The Kier molecular flexibility index (Phi) is 4.47. The minimum Gasteiger partial charge on any atom is -0.378 e. The van der Waals surface area contributed by atoms with Gasteiger partial charge >= 0.3 is 0 Å². The molecule has 0 aromatic carbocycles. The maximum atomic E-state index is 5.37. The topological polar surface area (TPSA) is 58.4 Å². The van der Waals surface area contributed by atoms with Gasteiger partial charge in [-0.1, -0.05) is 6.92 Å². The molecule has 2 aromatic rings. The number of anilines is 1. The summed E-state index contributed by atoms with van der Waals surface area (Å²) in [4.78, 5) is 3.44. The molecule has 2 aromatic heterocycles. The number of H-pyrrole nitrogens is 1. The second-order valence-electron chi connectivity index (χ2n) is 4.63. The van der Waals surface area contributed by atoms with Crippen LogP contribution in [0.4, 0.5) is 5.00 Å². The van der Waals surface area contributed by atoms with Gasteiger partial charge in [0, 0.05) is 24.4 Å². The van der Waals surface area contributed by atoms with Crippen molar-refractivity contribution in [3.63, 3.8) is 0 Å². The van der Waals surface area contributed by atoms with Crippen molar-refractivity contribution < 1.29 is 4.74 Å². The molecule has 0 saturated carbocycles. The fourth-order valence-corrected chi connectivity index (χ4v) is 3.28. The lowest BCUT2D eigenvalue weighted by Crippen LogP contribution is -2.35. The number of aryl methyl sites for hydroxylation is 1. The second-order valence-corrected chi connectivity index (χ2v) is 6.11. The highest BCUT2D eigenvalue weighted by Crippen LogP contribution is 2.25. The number of ether oxygens (including phenoxy) is 1. The van der Waals surface area contributed by atoms with Crippen LogP contribution < -0.4 is 4.90 Å². The minimum absolute atomic E-state index is 0.521. The summed E-state index contributed by atoms with van der Waals surface area (Å²) in [5.41, 5.74) is 0. The van der Waals surface area contributed by atoms with Gasteiger partial charge in [0.25, 0.3) is 0 Å². The average molecular weight is 323 g/mol. The standard InChI is InChI=1S/C13H17N5OS2/c1-2-11-15-16-13(20)18(11)14-9-10-3-4-12(21-10)17-5-7-19-8-6-17/h3-4,9H,2,5-8H2,1H3,(H,16,20)/b14-9+. The molecule has 3 heterocycles. The van der Waals surface area contributed by atoms with E-state index in [2.05, 4.69) is 32.3 Å². The van der Waals surface area contributed by atoms with Crippen molar-refractivity contribution in [3.8, 4) is 0 Å². The van der Waals surface area contributed by atoms with Gasteiger partial charge in [-0.25, -0.2) is 0 Å². The normalized spacial score (nSPS) is 16.0. The van der Waals surface area contributed by atoms with E-state index in [0.717, 1.165) is 43.4 Å². The lowest BCUT2D eigenvalue weighted by atomic mass is 10.4. The number of nitrogens with zero attached hydrogens (tertiary/aromatic N) is 4. The molecule has 1 aliphatic rings. The average Bonchev–Trinajstić information content (AvgIpc) is 3.13. The van der Waals surface area contributed by atoms with E-state index in [0.29, 0.717) is 4.77 Å². The quantitative estimate of drug-likeness (QED) is 0.693. The van der Waals surface area contributed by atoms with E-state index < -0.39 is 0 Å². The lowest BCUT2D eigenvalue weighted by molar-refractivity contribution is 0.123. The van der Waals surface area contributed by atoms with Crippen LogP contribution in [0.5, 0.6) is 0 Å². The number of hydrogen-bond donors (Lipinski definition) is 1. The van der Waals surface area contributed by atoms with Crippen molar-refractivity contribution in [1.29, 1.82) is 0 Å². The number of morpholine rings is 1. The second kappa shape index (κ2) is 6.50. The maximum absolute atomic E-state index is 5.37. The highest BCUT2D eigenvalue weighted by atomic mass is 32.1. The first-order valence-corrected chi connectivity index (χ1v) is 8.13. The van der Waals surface area contributed by atoms with Gasteiger partial charge in [-0.3, -0.25) is 5.10 Å². The molecule has 0 unspecified atom stereocenters. The molecule has 3 rings (SSSR count). The zero-order chi connectivity index (χ0) is 14.7. The third-order valence-electron chi connectivity index (χ3n) is 3.27. The van der Waals surface area contributed by atoms with E-state index in [1.165, 1.54) is 5.00 Å². The van der Waals surface area contributed by atoms with Gasteiger partial charge in [0.1, 0.15) is 0 Å². The molecule has 0 radical (unpaired) electrons. The number of aromatic nitrogens is 3. The van der Waals surface area contributed by atoms with Crippen LogP contribution in [-0.4, -0.2) is 47.4 Å². The van der Waals surface area contributed by atoms with E-state index in [1.807, 2.05) is 13.1 Å². The molecule has 1 fully saturated rings. The van der Waals surface area contributed by atoms with Crippen molar-refractivity contribution in [3.05, 3.63) is 27.6 Å². The SMILES string of the molecule is CCc1n[nH]c(=S)n1/N=C/c1ccc(N2CCOCC2)s1. The predicted molar refractivity (Wildman–Crippen MR) is 87.1 cm³/mol. The van der Waals surface area contributed by atoms with E-state index in [-0.39, 0.29) is 0 Å². The number of thiophene rings is 1. The summed E-state index contributed by atoms with van der Waals surface area (Å²) in [7, 11) is 0. The summed E-state index contributed by atoms with van der Waals surface area (Å²) in [5, 5.41) is 12.6. The molecule has 21 heavy (non-hydrogen) atoms. The van der Waals surface area contributed by atoms with Gasteiger partial charge in [-0.05, 0) is 24.4 Å². The molecule has 0 aliphatic carbocycles. The van der Waals surface area contributed by atoms with E-state index in [4.69, 9.17) is 17.0 Å². The first-order valence-electron chi connectivity index (χ1n) is 6.91. The highest BCUT2D eigenvalue weighted by Gasteiger charge is 2.12. The Morgan fingerprint density at radius 3 is 3.05 bits per heavy atom. The Morgan fingerprint density at radius 2 is 2.29 bits per heavy atom. The molecular formula is C13H17N5OS2. The molecule has 6 nitrogen and oxygen atoms in total. The Labute approximate surface area is 132 Å². The molecule has 1 N–H and O–H groups in total. The van der Waals surface area contributed by atoms with Crippen LogP contribution >= 0.6 is 23.6 Å². The van der Waals surface area contributed by atoms with Crippen molar-refractivity contribution in [2.24, 2.45) is 5.10 Å². The van der Waals surface area contributed by atoms with Crippen LogP contribution in [0.3, 0.4) is 0 Å². The van der Waals surface area contributed by atoms with Crippen molar-refractivity contribution in [1.82, 2.24) is 14.9 Å². The summed E-state index contributed by atoms with van der Waals surface area (Å²) in [6.45, 7) is 5.52. The lowest BCUT2D eigenvalue weighted by Gasteiger charge is -2.27. The molecule has 112 valence electrons. The molecule has 1 saturated heterocycles. The first-order chi connectivity index (χ1) is 10.3. The van der Waals surface area contributed by atoms with Gasteiger partial charge < -0.3 is 9.64 Å². The third kappa shape index (κ3) is 3.22. The summed E-state index contributed by atoms with van der Waals surface area (Å²) in [5.74, 6) is 0.834. The van der Waals surface area contributed by atoms with Crippen molar-refractivity contribution in [2.75, 3.05) is 31.2 Å². The monoisotopic (exact) mass is 323 g/mol. The minimum atomic E-state index is 0.521. The van der Waals surface area contributed by atoms with E-state index in [9.17, 15) is 0 Å². The summed E-state index contributed by atoms with van der Waals surface area (Å²) < 4.78 is 7.57. The molecule has 0 spiro atoms. The Bertz CT molecular complexity index is 681. The summed E-state index contributed by atoms with van der Waals surface area (Å²) >= 11 is 6.90. The van der Waals surface area contributed by atoms with Gasteiger partial charge in [0.15, 0.2) is 5.82 Å². The van der Waals surface area contributed by atoms with E-state index >= 15 is 0 Å². The number of nitrogens with one attached hydrogen (secondary N) is 1. The fraction of sp³-hybridized carbons (Fsp3) is 0.462. The summed E-state index contributed by atoms with van der Waals surface area (Å²) in [6.07, 6.45) is 2.62. The number of rotatable bonds is 4. The molecule has 1 aliphatic heterocycles. The van der Waals surface area contributed by atoms with Crippen LogP contribution in [0.25, 0.3) is 0 Å². The van der Waals surface area contributed by atoms with Crippen LogP contribution in [0.2, 0.25) is 0 Å². The largest absolute Gasteiger partial charge is 0.378 e. The van der Waals surface area contributed by atoms with Crippen LogP contribution in [0.1, 0.15) is 17.6 Å². The zero-order valence-corrected chi connectivity index (χ0v) is 13.4. The van der Waals surface area contributed by atoms with Crippen molar-refractivity contribution in [2.45, 2.75) is 13.3 Å². The van der Waals surface area contributed by atoms with Gasteiger partial charge in [-0.2, -0.15) is 14.9 Å². The van der Waals surface area contributed by atoms with Crippen LogP contribution in [0, 0.1) is 4.77 Å². The number of hydrogen-bond acceptors (Lipinski definition) is 6. The first kappa shape index (κ1) is 14.4. The zero-order valence-electron chi connectivity index (χ0n) is 11.8. The van der Waals surface area contributed by atoms with Crippen molar-refractivity contribution >= 4 is 34.8 Å². The maximum Gasteiger partial charge on any atom is 0.216 e. The number of aromatic amines is 1. The Morgan fingerprint density at radius 1 is 1.48 bits per heavy atom. The summed E-state index contributed by atoms with van der Waals surface area (Å²) in [6, 6.07) is 4.21. The molecule has 0 amide bonds. The Balaban J connectivity index is 1.76. The predicted octanol–water partition coefficient (Wildman–Crippen LogP) is 2.28. The molecular weight excluding hydrogens is 306 g/mol. The molecule has 8 heteroatoms. The van der Waals surface area contributed by atoms with Crippen LogP contribution in [0.15, 0.2) is 17.2 Å². The van der Waals surface area contributed by atoms with Gasteiger partial charge in [0.05, 0.1) is 24.4 Å². The highest BCUT2D eigenvalue weighted by molar-refractivity contribution is 7.71.